The van der Waals surface area contributed by atoms with E-state index >= 15 is 0 Å². The molecule has 0 radical (unpaired) electrons. The van der Waals surface area contributed by atoms with Gasteiger partial charge in [-0.25, -0.2) is 0 Å². The summed E-state index contributed by atoms with van der Waals surface area (Å²) in [7, 11) is 1.47. The van der Waals surface area contributed by atoms with Crippen LogP contribution in [-0.4, -0.2) is 25.7 Å². The Hall–Kier alpha value is -1.76. The van der Waals surface area contributed by atoms with E-state index in [1.807, 2.05) is 0 Å². The van der Waals surface area contributed by atoms with Crippen LogP contribution in [0.2, 0.25) is 0 Å². The van der Waals surface area contributed by atoms with Gasteiger partial charge in [0.25, 0.3) is 5.91 Å². The summed E-state index contributed by atoms with van der Waals surface area (Å²) < 4.78 is 42.5. The zero-order valence-corrected chi connectivity index (χ0v) is 10.5. The number of hydrogen-bond donors (Lipinski definition) is 2. The normalized spacial score (nSPS) is 13.1. The van der Waals surface area contributed by atoms with Crippen molar-refractivity contribution in [3.8, 4) is 0 Å². The number of rotatable bonds is 4. The molecule has 1 atom stereocenters. The van der Waals surface area contributed by atoms with Crippen molar-refractivity contribution < 1.29 is 22.7 Å². The van der Waals surface area contributed by atoms with Crippen LogP contribution in [0.25, 0.3) is 0 Å². The molecule has 0 aliphatic carbocycles. The maximum absolute atomic E-state index is 12.5. The number of nitrogen functional groups attached to an aromatic ring is 1. The van der Waals surface area contributed by atoms with Gasteiger partial charge in [0, 0.05) is 19.3 Å². The number of alkyl halides is 3. The Morgan fingerprint density at radius 1 is 1.47 bits per heavy atom. The number of ether oxygens (including phenoxy) is 1. The average Bonchev–Trinajstić information content (AvgIpc) is 2.34. The van der Waals surface area contributed by atoms with Gasteiger partial charge in [-0.15, -0.1) is 0 Å². The van der Waals surface area contributed by atoms with E-state index in [1.54, 1.807) is 6.92 Å². The lowest BCUT2D eigenvalue weighted by Crippen LogP contribution is -2.32. The molecule has 19 heavy (non-hydrogen) atoms. The van der Waals surface area contributed by atoms with E-state index in [-0.39, 0.29) is 23.9 Å². The maximum atomic E-state index is 12.5. The van der Waals surface area contributed by atoms with Crippen LogP contribution in [-0.2, 0) is 10.9 Å². The first-order chi connectivity index (χ1) is 8.75. The molecule has 7 heteroatoms. The smallest absolute Gasteiger partial charge is 0.398 e. The predicted octanol–water partition coefficient (Wildman–Crippen LogP) is 2.05. The Labute approximate surface area is 108 Å². The zero-order valence-electron chi connectivity index (χ0n) is 10.5. The van der Waals surface area contributed by atoms with Crippen molar-refractivity contribution in [3.05, 3.63) is 29.3 Å². The van der Waals surface area contributed by atoms with E-state index in [2.05, 4.69) is 5.32 Å². The molecule has 1 rings (SSSR count). The summed E-state index contributed by atoms with van der Waals surface area (Å²) in [6, 6.07) is 2.64. The highest BCUT2D eigenvalue weighted by Crippen LogP contribution is 2.31. The van der Waals surface area contributed by atoms with Gasteiger partial charge in [0.2, 0.25) is 0 Å². The van der Waals surface area contributed by atoms with E-state index < -0.39 is 17.6 Å². The number of carbonyl (C=O) groups excluding carboxylic acids is 1. The molecule has 1 aromatic rings. The summed E-state index contributed by atoms with van der Waals surface area (Å²) in [6.45, 7) is 1.90. The van der Waals surface area contributed by atoms with Crippen LogP contribution in [0.1, 0.15) is 22.8 Å². The van der Waals surface area contributed by atoms with E-state index in [9.17, 15) is 18.0 Å². The van der Waals surface area contributed by atoms with Crippen LogP contribution in [0.3, 0.4) is 0 Å². The van der Waals surface area contributed by atoms with Gasteiger partial charge < -0.3 is 15.8 Å². The summed E-state index contributed by atoms with van der Waals surface area (Å²) in [4.78, 5) is 11.8. The molecule has 1 amide bonds. The highest BCUT2D eigenvalue weighted by atomic mass is 19.4. The third kappa shape index (κ3) is 4.13. The Balaban J connectivity index is 2.90. The minimum Gasteiger partial charge on any atom is -0.398 e. The van der Waals surface area contributed by atoms with Crippen LogP contribution in [0, 0.1) is 0 Å². The second-order valence-corrected chi connectivity index (χ2v) is 4.06. The standard InChI is InChI=1S/C12H15F3N2O2/c1-7(19-2)6-17-11(18)9-5-8(12(13,14)15)3-4-10(9)16/h3-5,7H,6,16H2,1-2H3,(H,17,18). The first-order valence-corrected chi connectivity index (χ1v) is 5.53. The lowest BCUT2D eigenvalue weighted by atomic mass is 10.1. The monoisotopic (exact) mass is 276 g/mol. The third-order valence-corrected chi connectivity index (χ3v) is 2.58. The van der Waals surface area contributed by atoms with E-state index in [0.717, 1.165) is 18.2 Å². The van der Waals surface area contributed by atoms with Gasteiger partial charge in [0.05, 0.1) is 17.2 Å². The zero-order chi connectivity index (χ0) is 14.6. The molecule has 1 aromatic carbocycles. The number of methoxy groups -OCH3 is 1. The van der Waals surface area contributed by atoms with Crippen molar-refractivity contribution in [1.82, 2.24) is 5.32 Å². The highest BCUT2D eigenvalue weighted by molar-refractivity contribution is 5.99. The van der Waals surface area contributed by atoms with Crippen molar-refractivity contribution in [2.75, 3.05) is 19.4 Å². The van der Waals surface area contributed by atoms with Gasteiger partial charge in [-0.1, -0.05) is 0 Å². The summed E-state index contributed by atoms with van der Waals surface area (Å²) >= 11 is 0. The molecule has 0 bridgehead atoms. The molecule has 0 aliphatic rings. The van der Waals surface area contributed by atoms with Gasteiger partial charge in [0.1, 0.15) is 0 Å². The SMILES string of the molecule is COC(C)CNC(=O)c1cc(C(F)(F)F)ccc1N. The van der Waals surface area contributed by atoms with Crippen LogP contribution < -0.4 is 11.1 Å². The first-order valence-electron chi connectivity index (χ1n) is 5.53. The fraction of sp³-hybridized carbons (Fsp3) is 0.417. The molecule has 0 fully saturated rings. The second-order valence-electron chi connectivity index (χ2n) is 4.06. The average molecular weight is 276 g/mol. The maximum Gasteiger partial charge on any atom is 0.416 e. The number of nitrogens with two attached hydrogens (primary N) is 1. The Morgan fingerprint density at radius 3 is 2.63 bits per heavy atom. The number of hydrogen-bond acceptors (Lipinski definition) is 3. The van der Waals surface area contributed by atoms with E-state index in [4.69, 9.17) is 10.5 Å². The van der Waals surface area contributed by atoms with E-state index in [0.29, 0.717) is 0 Å². The molecule has 0 aromatic heterocycles. The minimum absolute atomic E-state index is 0.00410. The lowest BCUT2D eigenvalue weighted by molar-refractivity contribution is -0.137. The van der Waals surface area contributed by atoms with Gasteiger partial charge in [-0.05, 0) is 25.1 Å². The van der Waals surface area contributed by atoms with Gasteiger partial charge in [-0.3, -0.25) is 4.79 Å². The second kappa shape index (κ2) is 5.92. The first kappa shape index (κ1) is 15.3. The molecule has 0 heterocycles. The number of nitrogens with one attached hydrogen (secondary N) is 1. The molecule has 0 saturated carbocycles. The summed E-state index contributed by atoms with van der Waals surface area (Å²) in [5, 5.41) is 2.46. The molecule has 0 spiro atoms. The number of amides is 1. The number of anilines is 1. The summed E-state index contributed by atoms with van der Waals surface area (Å²) in [5.74, 6) is -0.660. The van der Waals surface area contributed by atoms with Crippen LogP contribution in [0.15, 0.2) is 18.2 Å². The minimum atomic E-state index is -4.51. The Bertz CT molecular complexity index is 461. The van der Waals surface area contributed by atoms with Crippen LogP contribution in [0.4, 0.5) is 18.9 Å². The summed E-state index contributed by atoms with van der Waals surface area (Å²) in [5.41, 5.74) is 4.40. The number of benzene rings is 1. The number of carbonyl (C=O) groups is 1. The third-order valence-electron chi connectivity index (χ3n) is 2.58. The molecule has 0 aliphatic heterocycles. The molecule has 0 saturated heterocycles. The summed E-state index contributed by atoms with van der Waals surface area (Å²) in [6.07, 6.45) is -4.75. The molecule has 3 N–H and O–H groups in total. The van der Waals surface area contributed by atoms with Crippen molar-refractivity contribution >= 4 is 11.6 Å². The quantitative estimate of drug-likeness (QED) is 0.827. The van der Waals surface area contributed by atoms with Gasteiger partial charge in [0.15, 0.2) is 0 Å². The Kier molecular flexibility index (Phi) is 4.77. The van der Waals surface area contributed by atoms with Crippen molar-refractivity contribution in [2.45, 2.75) is 19.2 Å². The molecular weight excluding hydrogens is 261 g/mol. The van der Waals surface area contributed by atoms with Gasteiger partial charge in [-0.2, -0.15) is 13.2 Å². The Morgan fingerprint density at radius 2 is 2.11 bits per heavy atom. The fourth-order valence-electron chi connectivity index (χ4n) is 1.34. The fourth-order valence-corrected chi connectivity index (χ4v) is 1.34. The molecular formula is C12H15F3N2O2. The van der Waals surface area contributed by atoms with Crippen LogP contribution >= 0.6 is 0 Å². The van der Waals surface area contributed by atoms with E-state index in [1.165, 1.54) is 7.11 Å². The van der Waals surface area contributed by atoms with Gasteiger partial charge >= 0.3 is 6.18 Å². The number of halogens is 3. The topological polar surface area (TPSA) is 64.3 Å². The highest BCUT2D eigenvalue weighted by Gasteiger charge is 2.31. The van der Waals surface area contributed by atoms with Crippen molar-refractivity contribution in [3.63, 3.8) is 0 Å². The molecule has 4 nitrogen and oxygen atoms in total. The van der Waals surface area contributed by atoms with Crippen LogP contribution in [0.5, 0.6) is 0 Å². The van der Waals surface area contributed by atoms with Crippen molar-refractivity contribution in [2.24, 2.45) is 0 Å². The molecule has 1 unspecified atom stereocenters. The predicted molar refractivity (Wildman–Crippen MR) is 64.7 cm³/mol. The largest absolute Gasteiger partial charge is 0.416 e. The molecule has 106 valence electrons. The van der Waals surface area contributed by atoms with Crippen molar-refractivity contribution in [1.29, 1.82) is 0 Å². The lowest BCUT2D eigenvalue weighted by Gasteiger charge is -2.13.